The Hall–Kier alpha value is -2.05. The summed E-state index contributed by atoms with van der Waals surface area (Å²) in [7, 11) is 0. The van der Waals surface area contributed by atoms with Gasteiger partial charge >= 0.3 is 0 Å². The normalized spacial score (nSPS) is 20.1. The first-order chi connectivity index (χ1) is 11.8. The van der Waals surface area contributed by atoms with Crippen molar-refractivity contribution in [2.75, 3.05) is 44.2 Å². The number of rotatable bonds is 4. The first-order valence-electron chi connectivity index (χ1n) is 8.49. The molecular formula is C18H22FN5. The molecule has 6 heteroatoms. The summed E-state index contributed by atoms with van der Waals surface area (Å²) in [6.45, 7) is 7.34. The van der Waals surface area contributed by atoms with E-state index in [1.165, 1.54) is 5.56 Å². The van der Waals surface area contributed by atoms with Crippen molar-refractivity contribution >= 4 is 5.69 Å². The third-order valence-corrected chi connectivity index (χ3v) is 4.98. The second-order valence-electron chi connectivity index (χ2n) is 6.59. The minimum Gasteiger partial charge on any atom is -0.369 e. The highest BCUT2D eigenvalue weighted by atomic mass is 19.1. The molecule has 2 aliphatic rings. The van der Waals surface area contributed by atoms with Crippen molar-refractivity contribution < 1.29 is 4.39 Å². The van der Waals surface area contributed by atoms with E-state index in [0.717, 1.165) is 51.5 Å². The van der Waals surface area contributed by atoms with Gasteiger partial charge in [0.1, 0.15) is 12.1 Å². The molecule has 4 rings (SSSR count). The topological polar surface area (TPSA) is 35.5 Å². The Bertz CT molecular complexity index is 649. The summed E-state index contributed by atoms with van der Waals surface area (Å²) in [5.74, 6) is -0.171. The van der Waals surface area contributed by atoms with E-state index in [4.69, 9.17) is 0 Å². The molecule has 1 aromatic heterocycles. The molecule has 2 fully saturated rings. The van der Waals surface area contributed by atoms with Crippen LogP contribution in [0.25, 0.3) is 0 Å². The molecule has 24 heavy (non-hydrogen) atoms. The SMILES string of the molecule is Fc1ccc(N2CCN(C3CN(Cc4cncnc4)C3)CC2)cc1. The zero-order valence-corrected chi connectivity index (χ0v) is 13.7. The second-order valence-corrected chi connectivity index (χ2v) is 6.59. The van der Waals surface area contributed by atoms with Gasteiger partial charge in [-0.05, 0) is 24.3 Å². The Balaban J connectivity index is 1.23. The molecule has 1 aromatic carbocycles. The lowest BCUT2D eigenvalue weighted by molar-refractivity contribution is 0.0255. The van der Waals surface area contributed by atoms with Gasteiger partial charge in [0.2, 0.25) is 0 Å². The highest BCUT2D eigenvalue weighted by Crippen LogP contribution is 2.22. The summed E-state index contributed by atoms with van der Waals surface area (Å²) >= 11 is 0. The monoisotopic (exact) mass is 327 g/mol. The van der Waals surface area contributed by atoms with Crippen LogP contribution in [-0.2, 0) is 6.54 Å². The van der Waals surface area contributed by atoms with E-state index in [-0.39, 0.29) is 5.82 Å². The summed E-state index contributed by atoms with van der Waals surface area (Å²) in [4.78, 5) is 15.5. The van der Waals surface area contributed by atoms with Crippen LogP contribution in [0.1, 0.15) is 5.56 Å². The number of halogens is 1. The van der Waals surface area contributed by atoms with Gasteiger partial charge in [0.25, 0.3) is 0 Å². The van der Waals surface area contributed by atoms with Crippen LogP contribution in [-0.4, -0.2) is 65.1 Å². The summed E-state index contributed by atoms with van der Waals surface area (Å²) < 4.78 is 13.0. The van der Waals surface area contributed by atoms with Crippen molar-refractivity contribution in [1.29, 1.82) is 0 Å². The van der Waals surface area contributed by atoms with Crippen LogP contribution in [0.5, 0.6) is 0 Å². The lowest BCUT2D eigenvalue weighted by Crippen LogP contribution is -2.62. The predicted octanol–water partition coefficient (Wildman–Crippen LogP) is 1.62. The van der Waals surface area contributed by atoms with Crippen LogP contribution >= 0.6 is 0 Å². The lowest BCUT2D eigenvalue weighted by atomic mass is 10.0. The maximum Gasteiger partial charge on any atom is 0.123 e. The Labute approximate surface area is 141 Å². The summed E-state index contributed by atoms with van der Waals surface area (Å²) in [6, 6.07) is 7.48. The Morgan fingerprint density at radius 1 is 0.958 bits per heavy atom. The molecule has 3 heterocycles. The van der Waals surface area contributed by atoms with Gasteiger partial charge in [0, 0.05) is 75.5 Å². The molecular weight excluding hydrogens is 305 g/mol. The van der Waals surface area contributed by atoms with Gasteiger partial charge in [-0.1, -0.05) is 0 Å². The Morgan fingerprint density at radius 3 is 2.29 bits per heavy atom. The summed E-state index contributed by atoms with van der Waals surface area (Å²) in [5.41, 5.74) is 2.30. The maximum absolute atomic E-state index is 13.0. The number of anilines is 1. The fourth-order valence-corrected chi connectivity index (χ4v) is 3.57. The van der Waals surface area contributed by atoms with E-state index in [1.807, 2.05) is 24.5 Å². The molecule has 2 aromatic rings. The van der Waals surface area contributed by atoms with Crippen LogP contribution in [0.4, 0.5) is 10.1 Å². The lowest BCUT2D eigenvalue weighted by Gasteiger charge is -2.48. The molecule has 0 N–H and O–H groups in total. The number of hydrogen-bond acceptors (Lipinski definition) is 5. The molecule has 0 saturated carbocycles. The zero-order chi connectivity index (χ0) is 16.4. The van der Waals surface area contributed by atoms with E-state index in [9.17, 15) is 4.39 Å². The second kappa shape index (κ2) is 6.83. The molecule has 0 aliphatic carbocycles. The number of likely N-dealkylation sites (tertiary alicyclic amines) is 1. The van der Waals surface area contributed by atoms with E-state index in [2.05, 4.69) is 24.7 Å². The first-order valence-corrected chi connectivity index (χ1v) is 8.49. The van der Waals surface area contributed by atoms with Crippen molar-refractivity contribution in [3.63, 3.8) is 0 Å². The fraction of sp³-hybridized carbons (Fsp3) is 0.444. The standard InChI is InChI=1S/C18H22FN5/c19-16-1-3-17(4-2-16)23-5-7-24(8-6-23)18-12-22(13-18)11-15-9-20-14-21-10-15/h1-4,9-10,14,18H,5-8,11-13H2. The Kier molecular flexibility index (Phi) is 4.40. The van der Waals surface area contributed by atoms with Crippen LogP contribution < -0.4 is 4.90 Å². The first kappa shape index (κ1) is 15.5. The van der Waals surface area contributed by atoms with E-state index in [0.29, 0.717) is 6.04 Å². The van der Waals surface area contributed by atoms with Crippen LogP contribution in [0.15, 0.2) is 43.0 Å². The quantitative estimate of drug-likeness (QED) is 0.853. The van der Waals surface area contributed by atoms with Gasteiger partial charge in [0.05, 0.1) is 0 Å². The van der Waals surface area contributed by atoms with Crippen LogP contribution in [0, 0.1) is 5.82 Å². The van der Waals surface area contributed by atoms with Crippen molar-refractivity contribution in [2.45, 2.75) is 12.6 Å². The molecule has 0 unspecified atom stereocenters. The van der Waals surface area contributed by atoms with Crippen LogP contribution in [0.3, 0.4) is 0 Å². The van der Waals surface area contributed by atoms with Gasteiger partial charge in [0.15, 0.2) is 0 Å². The maximum atomic E-state index is 13.0. The predicted molar refractivity (Wildman–Crippen MR) is 91.3 cm³/mol. The average molecular weight is 327 g/mol. The third-order valence-electron chi connectivity index (χ3n) is 4.98. The number of nitrogens with zero attached hydrogens (tertiary/aromatic N) is 5. The van der Waals surface area contributed by atoms with Crippen molar-refractivity contribution in [2.24, 2.45) is 0 Å². The van der Waals surface area contributed by atoms with Gasteiger partial charge in [-0.25, -0.2) is 14.4 Å². The molecule has 0 radical (unpaired) electrons. The third kappa shape index (κ3) is 3.39. The van der Waals surface area contributed by atoms with Crippen molar-refractivity contribution in [3.05, 3.63) is 54.4 Å². The average Bonchev–Trinajstić information content (AvgIpc) is 2.60. The molecule has 0 bridgehead atoms. The van der Waals surface area contributed by atoms with E-state index in [1.54, 1.807) is 18.5 Å². The molecule has 0 spiro atoms. The van der Waals surface area contributed by atoms with E-state index < -0.39 is 0 Å². The highest BCUT2D eigenvalue weighted by Gasteiger charge is 2.33. The largest absolute Gasteiger partial charge is 0.369 e. The summed E-state index contributed by atoms with van der Waals surface area (Å²) in [6.07, 6.45) is 5.35. The molecule has 0 atom stereocenters. The minimum atomic E-state index is -0.171. The minimum absolute atomic E-state index is 0.171. The number of hydrogen-bond donors (Lipinski definition) is 0. The van der Waals surface area contributed by atoms with Crippen molar-refractivity contribution in [1.82, 2.24) is 19.8 Å². The van der Waals surface area contributed by atoms with E-state index >= 15 is 0 Å². The van der Waals surface area contributed by atoms with Crippen molar-refractivity contribution in [3.8, 4) is 0 Å². The van der Waals surface area contributed by atoms with Gasteiger partial charge in [-0.3, -0.25) is 9.80 Å². The number of piperazine rings is 1. The number of aromatic nitrogens is 2. The molecule has 0 amide bonds. The smallest absolute Gasteiger partial charge is 0.123 e. The van der Waals surface area contributed by atoms with Gasteiger partial charge in [-0.2, -0.15) is 0 Å². The fourth-order valence-electron chi connectivity index (χ4n) is 3.57. The zero-order valence-electron chi connectivity index (χ0n) is 13.7. The Morgan fingerprint density at radius 2 is 1.62 bits per heavy atom. The molecule has 2 aliphatic heterocycles. The molecule has 126 valence electrons. The molecule has 5 nitrogen and oxygen atoms in total. The van der Waals surface area contributed by atoms with Gasteiger partial charge in [-0.15, -0.1) is 0 Å². The van der Waals surface area contributed by atoms with Gasteiger partial charge < -0.3 is 4.90 Å². The molecule has 2 saturated heterocycles. The summed E-state index contributed by atoms with van der Waals surface area (Å²) in [5, 5.41) is 0. The number of benzene rings is 1. The highest BCUT2D eigenvalue weighted by molar-refractivity contribution is 5.46. The van der Waals surface area contributed by atoms with Crippen LogP contribution in [0.2, 0.25) is 0 Å².